The summed E-state index contributed by atoms with van der Waals surface area (Å²) in [5, 5.41) is 1.05. The first-order chi connectivity index (χ1) is 7.90. The van der Waals surface area contributed by atoms with Crippen LogP contribution in [0.1, 0.15) is 6.42 Å². The maximum Gasteiger partial charge on any atom is 0.169 e. The summed E-state index contributed by atoms with van der Waals surface area (Å²) >= 11 is 3.44. The van der Waals surface area contributed by atoms with Crippen LogP contribution in [0.5, 0.6) is 0 Å². The Hall–Kier alpha value is -1.22. The minimum absolute atomic E-state index is 1.05. The van der Waals surface area contributed by atoms with Crippen molar-refractivity contribution in [3.05, 3.63) is 49.1 Å². The molecule has 82 valence electrons. The van der Waals surface area contributed by atoms with Gasteiger partial charge in [-0.2, -0.15) is 0 Å². The van der Waals surface area contributed by atoms with Crippen molar-refractivity contribution in [1.29, 1.82) is 0 Å². The van der Waals surface area contributed by atoms with E-state index in [4.69, 9.17) is 0 Å². The van der Waals surface area contributed by atoms with Crippen LogP contribution in [-0.2, 0) is 6.54 Å². The topological polar surface area (TPSA) is 16.8 Å². The highest BCUT2D eigenvalue weighted by Crippen LogP contribution is 2.15. The standard InChI is InChI=1S/C13H14BrN2/c14-6-1-9-16-10-4-13(5-11-16)12-2-7-15-8-3-12/h2-5,7-8,10-11H,1,6,9H2/q+1. The molecule has 0 atom stereocenters. The molecule has 2 aromatic rings. The van der Waals surface area contributed by atoms with Gasteiger partial charge in [0.05, 0.1) is 0 Å². The summed E-state index contributed by atoms with van der Waals surface area (Å²) < 4.78 is 2.20. The first-order valence-corrected chi connectivity index (χ1v) is 6.48. The van der Waals surface area contributed by atoms with Crippen LogP contribution in [0.4, 0.5) is 0 Å². The molecule has 2 heterocycles. The van der Waals surface area contributed by atoms with Gasteiger partial charge in [-0.15, -0.1) is 0 Å². The maximum atomic E-state index is 4.02. The molecule has 0 aliphatic carbocycles. The quantitative estimate of drug-likeness (QED) is 0.620. The molecule has 0 unspecified atom stereocenters. The van der Waals surface area contributed by atoms with Crippen LogP contribution in [0.2, 0.25) is 0 Å². The number of rotatable bonds is 4. The Bertz CT molecular complexity index is 425. The zero-order valence-corrected chi connectivity index (χ0v) is 10.6. The van der Waals surface area contributed by atoms with E-state index in [1.54, 1.807) is 0 Å². The molecule has 2 nitrogen and oxygen atoms in total. The van der Waals surface area contributed by atoms with E-state index >= 15 is 0 Å². The zero-order valence-electron chi connectivity index (χ0n) is 9.01. The van der Waals surface area contributed by atoms with Gasteiger partial charge in [-0.3, -0.25) is 4.98 Å². The number of aryl methyl sites for hydroxylation is 1. The number of pyridine rings is 2. The lowest BCUT2D eigenvalue weighted by atomic mass is 10.1. The summed E-state index contributed by atoms with van der Waals surface area (Å²) in [7, 11) is 0. The van der Waals surface area contributed by atoms with Crippen molar-refractivity contribution in [2.45, 2.75) is 13.0 Å². The highest BCUT2D eigenvalue weighted by molar-refractivity contribution is 9.09. The highest BCUT2D eigenvalue weighted by Gasteiger charge is 2.01. The van der Waals surface area contributed by atoms with Crippen LogP contribution in [-0.4, -0.2) is 10.3 Å². The Kier molecular flexibility index (Phi) is 4.05. The second-order valence-electron chi connectivity index (χ2n) is 3.60. The number of aromatic nitrogens is 2. The third-order valence-corrected chi connectivity index (χ3v) is 3.02. The number of alkyl halides is 1. The molecule has 0 bridgehead atoms. The van der Waals surface area contributed by atoms with Crippen LogP contribution < -0.4 is 4.57 Å². The second-order valence-corrected chi connectivity index (χ2v) is 4.40. The molecular formula is C13H14BrN2+. The molecule has 0 amide bonds. The van der Waals surface area contributed by atoms with E-state index in [1.807, 2.05) is 24.5 Å². The lowest BCUT2D eigenvalue weighted by Crippen LogP contribution is -2.32. The van der Waals surface area contributed by atoms with Gasteiger partial charge in [0.1, 0.15) is 6.54 Å². The van der Waals surface area contributed by atoms with Crippen LogP contribution in [0.25, 0.3) is 11.1 Å². The molecule has 0 fully saturated rings. The van der Waals surface area contributed by atoms with Gasteiger partial charge in [-0.1, -0.05) is 15.9 Å². The lowest BCUT2D eigenvalue weighted by Gasteiger charge is -2.00. The van der Waals surface area contributed by atoms with E-state index < -0.39 is 0 Å². The van der Waals surface area contributed by atoms with Crippen molar-refractivity contribution in [1.82, 2.24) is 4.98 Å². The molecule has 0 saturated carbocycles. The fraction of sp³-hybridized carbons (Fsp3) is 0.231. The Morgan fingerprint density at radius 1 is 1.00 bits per heavy atom. The Balaban J connectivity index is 2.13. The predicted octanol–water partition coefficient (Wildman–Crippen LogP) is 2.82. The largest absolute Gasteiger partial charge is 0.265 e. The van der Waals surface area contributed by atoms with E-state index in [9.17, 15) is 0 Å². The molecule has 3 heteroatoms. The molecule has 16 heavy (non-hydrogen) atoms. The second kappa shape index (κ2) is 5.75. The molecule has 2 rings (SSSR count). The molecule has 0 radical (unpaired) electrons. The van der Waals surface area contributed by atoms with Crippen molar-refractivity contribution in [3.63, 3.8) is 0 Å². The Morgan fingerprint density at radius 2 is 1.62 bits per heavy atom. The van der Waals surface area contributed by atoms with Crippen molar-refractivity contribution >= 4 is 15.9 Å². The number of nitrogens with zero attached hydrogens (tertiary/aromatic N) is 2. The molecule has 0 aliphatic heterocycles. The van der Waals surface area contributed by atoms with Gasteiger partial charge in [0.15, 0.2) is 12.4 Å². The van der Waals surface area contributed by atoms with E-state index in [2.05, 4.69) is 50.0 Å². The lowest BCUT2D eigenvalue weighted by molar-refractivity contribution is -0.696. The first-order valence-electron chi connectivity index (χ1n) is 5.35. The maximum absolute atomic E-state index is 4.02. The van der Waals surface area contributed by atoms with Gasteiger partial charge in [0.25, 0.3) is 0 Å². The molecule has 0 N–H and O–H groups in total. The highest BCUT2D eigenvalue weighted by atomic mass is 79.9. The summed E-state index contributed by atoms with van der Waals surface area (Å²) in [6.07, 6.45) is 9.04. The average molecular weight is 278 g/mol. The number of halogens is 1. The monoisotopic (exact) mass is 277 g/mol. The number of hydrogen-bond donors (Lipinski definition) is 0. The predicted molar refractivity (Wildman–Crippen MR) is 68.3 cm³/mol. The molecule has 0 spiro atoms. The molecule has 0 saturated heterocycles. The summed E-state index contributed by atoms with van der Waals surface area (Å²) in [6.45, 7) is 1.06. The SMILES string of the molecule is BrCCC[n+]1ccc(-c2ccncc2)cc1. The van der Waals surface area contributed by atoms with Crippen molar-refractivity contribution in [3.8, 4) is 11.1 Å². The molecule has 0 aromatic carbocycles. The van der Waals surface area contributed by atoms with E-state index in [1.165, 1.54) is 11.1 Å². The first kappa shape index (κ1) is 11.3. The van der Waals surface area contributed by atoms with Gasteiger partial charge in [-0.25, -0.2) is 4.57 Å². The minimum Gasteiger partial charge on any atom is -0.265 e. The van der Waals surface area contributed by atoms with E-state index in [-0.39, 0.29) is 0 Å². The summed E-state index contributed by atoms with van der Waals surface area (Å²) in [5.41, 5.74) is 2.44. The molecular weight excluding hydrogens is 264 g/mol. The number of hydrogen-bond acceptors (Lipinski definition) is 1. The van der Waals surface area contributed by atoms with Crippen LogP contribution in [0.3, 0.4) is 0 Å². The van der Waals surface area contributed by atoms with Crippen LogP contribution in [0.15, 0.2) is 49.1 Å². The zero-order chi connectivity index (χ0) is 11.2. The Labute approximate surface area is 104 Å². The smallest absolute Gasteiger partial charge is 0.169 e. The van der Waals surface area contributed by atoms with Crippen LogP contribution in [0, 0.1) is 0 Å². The average Bonchev–Trinajstić information content (AvgIpc) is 2.38. The van der Waals surface area contributed by atoms with E-state index in [0.29, 0.717) is 0 Å². The third kappa shape index (κ3) is 2.89. The molecule has 0 aliphatic rings. The van der Waals surface area contributed by atoms with Gasteiger partial charge in [0.2, 0.25) is 0 Å². The third-order valence-electron chi connectivity index (χ3n) is 2.45. The minimum atomic E-state index is 1.05. The summed E-state index contributed by atoms with van der Waals surface area (Å²) in [4.78, 5) is 4.02. The normalized spacial score (nSPS) is 10.3. The van der Waals surface area contributed by atoms with E-state index in [0.717, 1.165) is 18.3 Å². The fourth-order valence-electron chi connectivity index (χ4n) is 1.59. The van der Waals surface area contributed by atoms with Gasteiger partial charge in [0, 0.05) is 36.3 Å². The van der Waals surface area contributed by atoms with Crippen molar-refractivity contribution in [2.75, 3.05) is 5.33 Å². The summed E-state index contributed by atoms with van der Waals surface area (Å²) in [6, 6.07) is 8.34. The van der Waals surface area contributed by atoms with Gasteiger partial charge >= 0.3 is 0 Å². The van der Waals surface area contributed by atoms with Crippen LogP contribution >= 0.6 is 15.9 Å². The van der Waals surface area contributed by atoms with Gasteiger partial charge in [-0.05, 0) is 23.3 Å². The molecule has 2 aromatic heterocycles. The van der Waals surface area contributed by atoms with Crippen molar-refractivity contribution < 1.29 is 4.57 Å². The summed E-state index contributed by atoms with van der Waals surface area (Å²) in [5.74, 6) is 0. The Morgan fingerprint density at radius 3 is 2.25 bits per heavy atom. The fourth-order valence-corrected chi connectivity index (χ4v) is 1.84. The van der Waals surface area contributed by atoms with Gasteiger partial charge < -0.3 is 0 Å². The van der Waals surface area contributed by atoms with Crippen molar-refractivity contribution in [2.24, 2.45) is 0 Å².